The lowest BCUT2D eigenvalue weighted by atomic mass is 9.89. The van der Waals surface area contributed by atoms with Crippen LogP contribution < -0.4 is 0 Å². The van der Waals surface area contributed by atoms with E-state index in [-0.39, 0.29) is 0 Å². The van der Waals surface area contributed by atoms with Crippen molar-refractivity contribution in [1.29, 1.82) is 0 Å². The lowest BCUT2D eigenvalue weighted by molar-refractivity contribution is 0.0172. The van der Waals surface area contributed by atoms with Crippen molar-refractivity contribution in [2.24, 2.45) is 11.8 Å². The third-order valence-electron chi connectivity index (χ3n) is 2.37. The Hall–Kier alpha value is -0.560. The molecule has 1 rings (SSSR count). The molecule has 0 N–H and O–H groups in total. The second kappa shape index (κ2) is 5.15. The lowest BCUT2D eigenvalue weighted by Gasteiger charge is -2.27. The summed E-state index contributed by atoms with van der Waals surface area (Å²) in [6, 6.07) is 0. The SMILES string of the molecule is C=CCC1COCC(CC=C)C1. The van der Waals surface area contributed by atoms with Crippen molar-refractivity contribution in [1.82, 2.24) is 0 Å². The molecule has 0 aromatic rings. The first-order valence-corrected chi connectivity index (χ1v) is 4.66. The van der Waals surface area contributed by atoms with Crippen LogP contribution in [0.2, 0.25) is 0 Å². The first-order chi connectivity index (χ1) is 5.86. The predicted octanol–water partition coefficient (Wildman–Crippen LogP) is 2.79. The van der Waals surface area contributed by atoms with Crippen molar-refractivity contribution in [3.05, 3.63) is 25.3 Å². The van der Waals surface area contributed by atoms with E-state index in [1.165, 1.54) is 6.42 Å². The molecule has 2 atom stereocenters. The first-order valence-electron chi connectivity index (χ1n) is 4.66. The van der Waals surface area contributed by atoms with Crippen molar-refractivity contribution in [3.63, 3.8) is 0 Å². The van der Waals surface area contributed by atoms with E-state index >= 15 is 0 Å². The van der Waals surface area contributed by atoms with Gasteiger partial charge in [-0.3, -0.25) is 0 Å². The zero-order valence-corrected chi connectivity index (χ0v) is 7.67. The molecule has 0 spiro atoms. The van der Waals surface area contributed by atoms with E-state index in [1.54, 1.807) is 0 Å². The third-order valence-corrected chi connectivity index (χ3v) is 2.37. The van der Waals surface area contributed by atoms with Crippen molar-refractivity contribution < 1.29 is 4.74 Å². The fourth-order valence-corrected chi connectivity index (χ4v) is 1.81. The minimum absolute atomic E-state index is 0.696. The van der Waals surface area contributed by atoms with Crippen LogP contribution in [0.3, 0.4) is 0 Å². The summed E-state index contributed by atoms with van der Waals surface area (Å²) >= 11 is 0. The summed E-state index contributed by atoms with van der Waals surface area (Å²) in [6.07, 6.45) is 7.44. The molecule has 2 unspecified atom stereocenters. The van der Waals surface area contributed by atoms with Gasteiger partial charge in [-0.25, -0.2) is 0 Å². The summed E-state index contributed by atoms with van der Waals surface area (Å²) in [5.74, 6) is 1.39. The van der Waals surface area contributed by atoms with Crippen molar-refractivity contribution in [2.45, 2.75) is 19.3 Å². The van der Waals surface area contributed by atoms with E-state index in [2.05, 4.69) is 13.2 Å². The molecule has 0 amide bonds. The molecule has 0 bridgehead atoms. The number of allylic oxidation sites excluding steroid dienone is 2. The zero-order chi connectivity index (χ0) is 8.81. The highest BCUT2D eigenvalue weighted by Crippen LogP contribution is 2.24. The largest absolute Gasteiger partial charge is 0.381 e. The maximum Gasteiger partial charge on any atom is 0.0497 e. The highest BCUT2D eigenvalue weighted by atomic mass is 16.5. The molecule has 1 saturated heterocycles. The summed E-state index contributed by atoms with van der Waals surface area (Å²) in [7, 11) is 0. The molecule has 68 valence electrons. The Morgan fingerprint density at radius 3 is 2.00 bits per heavy atom. The monoisotopic (exact) mass is 166 g/mol. The molecule has 1 aliphatic rings. The smallest absolute Gasteiger partial charge is 0.0497 e. The molecular weight excluding hydrogens is 148 g/mol. The summed E-state index contributed by atoms with van der Waals surface area (Å²) in [6.45, 7) is 9.33. The van der Waals surface area contributed by atoms with Gasteiger partial charge in [0, 0.05) is 13.2 Å². The second-order valence-electron chi connectivity index (χ2n) is 3.55. The molecule has 1 nitrogen and oxygen atoms in total. The van der Waals surface area contributed by atoms with E-state index in [1.807, 2.05) is 12.2 Å². The van der Waals surface area contributed by atoms with Gasteiger partial charge in [-0.15, -0.1) is 13.2 Å². The van der Waals surface area contributed by atoms with Gasteiger partial charge in [0.25, 0.3) is 0 Å². The van der Waals surface area contributed by atoms with Crippen LogP contribution in [0.25, 0.3) is 0 Å². The van der Waals surface area contributed by atoms with Crippen LogP contribution in [0.15, 0.2) is 25.3 Å². The molecular formula is C11H18O. The van der Waals surface area contributed by atoms with Crippen LogP contribution >= 0.6 is 0 Å². The van der Waals surface area contributed by atoms with E-state index in [4.69, 9.17) is 4.74 Å². The number of hydrogen-bond donors (Lipinski definition) is 0. The maximum absolute atomic E-state index is 5.50. The number of ether oxygens (including phenoxy) is 1. The highest BCUT2D eigenvalue weighted by molar-refractivity contribution is 4.81. The van der Waals surface area contributed by atoms with Crippen LogP contribution in [-0.4, -0.2) is 13.2 Å². The van der Waals surface area contributed by atoms with Gasteiger partial charge >= 0.3 is 0 Å². The van der Waals surface area contributed by atoms with Gasteiger partial charge in [-0.05, 0) is 31.1 Å². The maximum atomic E-state index is 5.50. The van der Waals surface area contributed by atoms with Gasteiger partial charge in [0.05, 0.1) is 0 Å². The molecule has 0 radical (unpaired) electrons. The first kappa shape index (κ1) is 9.53. The highest BCUT2D eigenvalue weighted by Gasteiger charge is 2.20. The topological polar surface area (TPSA) is 9.23 Å². The Bertz CT molecular complexity index is 135. The van der Waals surface area contributed by atoms with E-state index in [0.717, 1.165) is 26.1 Å². The number of rotatable bonds is 4. The Morgan fingerprint density at radius 2 is 1.58 bits per heavy atom. The molecule has 12 heavy (non-hydrogen) atoms. The van der Waals surface area contributed by atoms with Crippen LogP contribution in [-0.2, 0) is 4.74 Å². The molecule has 1 heteroatoms. The van der Waals surface area contributed by atoms with Gasteiger partial charge in [0.15, 0.2) is 0 Å². The number of hydrogen-bond acceptors (Lipinski definition) is 1. The molecule has 1 aliphatic heterocycles. The lowest BCUT2D eigenvalue weighted by Crippen LogP contribution is -2.24. The Kier molecular flexibility index (Phi) is 4.09. The Balaban J connectivity index is 2.29. The van der Waals surface area contributed by atoms with Crippen LogP contribution in [0.5, 0.6) is 0 Å². The minimum atomic E-state index is 0.696. The van der Waals surface area contributed by atoms with Crippen LogP contribution in [0.1, 0.15) is 19.3 Å². The summed E-state index contributed by atoms with van der Waals surface area (Å²) in [4.78, 5) is 0. The second-order valence-corrected chi connectivity index (χ2v) is 3.55. The van der Waals surface area contributed by atoms with E-state index in [9.17, 15) is 0 Å². The minimum Gasteiger partial charge on any atom is -0.381 e. The average molecular weight is 166 g/mol. The van der Waals surface area contributed by atoms with Gasteiger partial charge in [-0.2, -0.15) is 0 Å². The summed E-state index contributed by atoms with van der Waals surface area (Å²) < 4.78 is 5.50. The van der Waals surface area contributed by atoms with Crippen LogP contribution in [0, 0.1) is 11.8 Å². The standard InChI is InChI=1S/C11H18O/c1-3-5-10-7-11(6-4-2)9-12-8-10/h3-4,10-11H,1-2,5-9H2. The van der Waals surface area contributed by atoms with Crippen LogP contribution in [0.4, 0.5) is 0 Å². The fraction of sp³-hybridized carbons (Fsp3) is 0.636. The van der Waals surface area contributed by atoms with Gasteiger partial charge in [0.2, 0.25) is 0 Å². The predicted molar refractivity (Wildman–Crippen MR) is 52.0 cm³/mol. The van der Waals surface area contributed by atoms with Gasteiger partial charge in [0.1, 0.15) is 0 Å². The quantitative estimate of drug-likeness (QED) is 0.583. The molecule has 0 aliphatic carbocycles. The molecule has 0 saturated carbocycles. The molecule has 0 aromatic heterocycles. The third kappa shape index (κ3) is 2.82. The van der Waals surface area contributed by atoms with Gasteiger partial charge in [-0.1, -0.05) is 12.2 Å². The zero-order valence-electron chi connectivity index (χ0n) is 7.67. The van der Waals surface area contributed by atoms with Crippen molar-refractivity contribution in [2.75, 3.05) is 13.2 Å². The van der Waals surface area contributed by atoms with Crippen molar-refractivity contribution in [3.8, 4) is 0 Å². The Labute approximate surface area is 75.1 Å². The summed E-state index contributed by atoms with van der Waals surface area (Å²) in [5, 5.41) is 0. The Morgan fingerprint density at radius 1 is 1.08 bits per heavy atom. The van der Waals surface area contributed by atoms with Gasteiger partial charge < -0.3 is 4.74 Å². The van der Waals surface area contributed by atoms with Crippen molar-refractivity contribution >= 4 is 0 Å². The molecule has 1 fully saturated rings. The normalized spacial score (nSPS) is 29.7. The molecule has 0 aromatic carbocycles. The molecule has 1 heterocycles. The summed E-state index contributed by atoms with van der Waals surface area (Å²) in [5.41, 5.74) is 0. The van der Waals surface area contributed by atoms with E-state index < -0.39 is 0 Å². The van der Waals surface area contributed by atoms with E-state index in [0.29, 0.717) is 11.8 Å². The average Bonchev–Trinajstić information content (AvgIpc) is 2.06. The fourth-order valence-electron chi connectivity index (χ4n) is 1.81.